The Hall–Kier alpha value is -0.840. The van der Waals surface area contributed by atoms with Crippen molar-refractivity contribution in [3.05, 3.63) is 11.6 Å². The second-order valence-electron chi connectivity index (χ2n) is 4.17. The fraction of sp³-hybridized carbons (Fsp3) is 0.769. The Bertz CT molecular complexity index is 207. The minimum Gasteiger partial charge on any atom is -0.450 e. The standard InChI is InChI=1S/C7H15NS.C6H13NO2/c1-5-9-7(4)8-6(2)3;1-4-9-6(8)7-5(2)3/h6,8H,4-5H2,1-3H3;5H,4H2,1-3H3,(H,7,8). The molecule has 0 aliphatic rings. The van der Waals surface area contributed by atoms with Gasteiger partial charge in [-0.3, -0.25) is 0 Å². The molecule has 4 nitrogen and oxygen atoms in total. The number of ether oxygens (including phenoxy) is 1. The van der Waals surface area contributed by atoms with Crippen molar-refractivity contribution in [2.75, 3.05) is 12.4 Å². The average Bonchev–Trinajstić information content (AvgIpc) is 2.16. The highest BCUT2D eigenvalue weighted by atomic mass is 32.2. The van der Waals surface area contributed by atoms with Gasteiger partial charge in [-0.25, -0.2) is 4.79 Å². The lowest BCUT2D eigenvalue weighted by Gasteiger charge is -2.10. The van der Waals surface area contributed by atoms with Gasteiger partial charge in [-0.15, -0.1) is 11.8 Å². The van der Waals surface area contributed by atoms with E-state index >= 15 is 0 Å². The van der Waals surface area contributed by atoms with Crippen molar-refractivity contribution in [1.29, 1.82) is 0 Å². The molecule has 108 valence electrons. The first kappa shape index (κ1) is 19.5. The van der Waals surface area contributed by atoms with Crippen LogP contribution in [0.1, 0.15) is 41.5 Å². The summed E-state index contributed by atoms with van der Waals surface area (Å²) in [4.78, 5) is 10.5. The van der Waals surface area contributed by atoms with Gasteiger partial charge in [0.15, 0.2) is 0 Å². The first-order valence-corrected chi connectivity index (χ1v) is 7.33. The van der Waals surface area contributed by atoms with E-state index in [0.717, 1.165) is 10.8 Å². The zero-order chi connectivity index (χ0) is 14.6. The van der Waals surface area contributed by atoms with Crippen molar-refractivity contribution >= 4 is 17.9 Å². The molecule has 1 amide bonds. The Kier molecular flexibility index (Phi) is 13.7. The number of nitrogens with one attached hydrogen (secondary N) is 2. The molecular formula is C13H28N2O2S. The summed E-state index contributed by atoms with van der Waals surface area (Å²) in [6.45, 7) is 16.2. The highest BCUT2D eigenvalue weighted by molar-refractivity contribution is 8.02. The Morgan fingerprint density at radius 2 is 1.67 bits per heavy atom. The molecule has 0 saturated carbocycles. The van der Waals surface area contributed by atoms with Crippen molar-refractivity contribution < 1.29 is 9.53 Å². The lowest BCUT2D eigenvalue weighted by Crippen LogP contribution is -2.30. The fourth-order valence-electron chi connectivity index (χ4n) is 0.946. The maximum atomic E-state index is 10.5. The number of carbonyl (C=O) groups is 1. The van der Waals surface area contributed by atoms with Crippen molar-refractivity contribution in [2.45, 2.75) is 53.6 Å². The van der Waals surface area contributed by atoms with Crippen LogP contribution in [0.3, 0.4) is 0 Å². The molecule has 5 heteroatoms. The van der Waals surface area contributed by atoms with E-state index in [0.29, 0.717) is 12.6 Å². The molecule has 0 aromatic carbocycles. The van der Waals surface area contributed by atoms with Gasteiger partial charge in [0.05, 0.1) is 11.6 Å². The van der Waals surface area contributed by atoms with Crippen LogP contribution < -0.4 is 10.6 Å². The van der Waals surface area contributed by atoms with E-state index < -0.39 is 0 Å². The quantitative estimate of drug-likeness (QED) is 0.781. The van der Waals surface area contributed by atoms with Crippen LogP contribution in [0.2, 0.25) is 0 Å². The molecule has 0 bridgehead atoms. The molecule has 0 radical (unpaired) electrons. The summed E-state index contributed by atoms with van der Waals surface area (Å²) >= 11 is 1.75. The van der Waals surface area contributed by atoms with Crippen LogP contribution in [0.5, 0.6) is 0 Å². The molecular weight excluding hydrogens is 248 g/mol. The molecule has 0 aromatic rings. The summed E-state index contributed by atoms with van der Waals surface area (Å²) in [5, 5.41) is 6.87. The first-order valence-electron chi connectivity index (χ1n) is 6.34. The van der Waals surface area contributed by atoms with Gasteiger partial charge in [0.1, 0.15) is 0 Å². The van der Waals surface area contributed by atoms with Crippen molar-refractivity contribution in [2.24, 2.45) is 0 Å². The molecule has 0 aliphatic heterocycles. The average molecular weight is 276 g/mol. The van der Waals surface area contributed by atoms with E-state index in [-0.39, 0.29) is 12.1 Å². The van der Waals surface area contributed by atoms with Gasteiger partial charge in [-0.1, -0.05) is 13.5 Å². The molecule has 18 heavy (non-hydrogen) atoms. The first-order chi connectivity index (χ1) is 8.33. The maximum Gasteiger partial charge on any atom is 0.407 e. The van der Waals surface area contributed by atoms with E-state index in [9.17, 15) is 4.79 Å². The minimum absolute atomic E-state index is 0.157. The zero-order valence-electron chi connectivity index (χ0n) is 12.5. The number of amides is 1. The molecule has 2 N–H and O–H groups in total. The van der Waals surface area contributed by atoms with E-state index in [1.165, 1.54) is 0 Å². The molecule has 0 rings (SSSR count). The Morgan fingerprint density at radius 1 is 1.17 bits per heavy atom. The lowest BCUT2D eigenvalue weighted by atomic mass is 10.4. The topological polar surface area (TPSA) is 50.4 Å². The summed E-state index contributed by atoms with van der Waals surface area (Å²) in [6.07, 6.45) is -0.340. The van der Waals surface area contributed by atoms with Crippen molar-refractivity contribution in [3.8, 4) is 0 Å². The molecule has 0 saturated heterocycles. The Morgan fingerprint density at radius 3 is 2.00 bits per heavy atom. The van der Waals surface area contributed by atoms with Crippen LogP contribution in [0.25, 0.3) is 0 Å². The summed E-state index contributed by atoms with van der Waals surface area (Å²) in [5.74, 6) is 1.10. The minimum atomic E-state index is -0.340. The van der Waals surface area contributed by atoms with Crippen molar-refractivity contribution in [3.63, 3.8) is 0 Å². The van der Waals surface area contributed by atoms with Crippen LogP contribution >= 0.6 is 11.8 Å². The van der Waals surface area contributed by atoms with Crippen LogP contribution in [0.15, 0.2) is 11.6 Å². The number of rotatable bonds is 6. The normalized spacial score (nSPS) is 9.56. The predicted octanol–water partition coefficient (Wildman–Crippen LogP) is 3.35. The molecule has 0 aromatic heterocycles. The van der Waals surface area contributed by atoms with E-state index in [1.807, 2.05) is 13.8 Å². The summed E-state index contributed by atoms with van der Waals surface area (Å²) in [7, 11) is 0. The highest BCUT2D eigenvalue weighted by Crippen LogP contribution is 2.08. The van der Waals surface area contributed by atoms with Gasteiger partial charge in [0, 0.05) is 12.1 Å². The van der Waals surface area contributed by atoms with Crippen LogP contribution in [-0.2, 0) is 4.74 Å². The third-order valence-electron chi connectivity index (χ3n) is 1.45. The fourth-order valence-corrected chi connectivity index (χ4v) is 1.61. The van der Waals surface area contributed by atoms with Gasteiger partial charge in [0.2, 0.25) is 0 Å². The summed E-state index contributed by atoms with van der Waals surface area (Å²) in [6, 6.07) is 0.667. The van der Waals surface area contributed by atoms with E-state index in [1.54, 1.807) is 18.7 Å². The Labute approximate surface area is 116 Å². The third-order valence-corrected chi connectivity index (χ3v) is 2.21. The molecule has 0 unspecified atom stereocenters. The largest absolute Gasteiger partial charge is 0.450 e. The zero-order valence-corrected chi connectivity index (χ0v) is 13.3. The van der Waals surface area contributed by atoms with E-state index in [2.05, 4.69) is 42.7 Å². The predicted molar refractivity (Wildman–Crippen MR) is 80.8 cm³/mol. The molecule has 0 aliphatic carbocycles. The number of alkyl carbamates (subject to hydrolysis) is 1. The maximum absolute atomic E-state index is 10.5. The molecule has 0 atom stereocenters. The van der Waals surface area contributed by atoms with E-state index in [4.69, 9.17) is 0 Å². The van der Waals surface area contributed by atoms with Crippen LogP contribution in [0, 0.1) is 0 Å². The molecule has 0 fully saturated rings. The molecule has 0 heterocycles. The third kappa shape index (κ3) is 17.6. The van der Waals surface area contributed by atoms with Crippen LogP contribution in [-0.4, -0.2) is 30.5 Å². The molecule has 0 spiro atoms. The van der Waals surface area contributed by atoms with Gasteiger partial charge in [0.25, 0.3) is 0 Å². The van der Waals surface area contributed by atoms with Crippen molar-refractivity contribution in [1.82, 2.24) is 10.6 Å². The second kappa shape index (κ2) is 12.6. The number of carbonyl (C=O) groups excluding carboxylic acids is 1. The number of hydrogen-bond acceptors (Lipinski definition) is 4. The highest BCUT2D eigenvalue weighted by Gasteiger charge is 1.99. The summed E-state index contributed by atoms with van der Waals surface area (Å²) < 4.78 is 4.60. The summed E-state index contributed by atoms with van der Waals surface area (Å²) in [5.41, 5.74) is 0. The van der Waals surface area contributed by atoms with Gasteiger partial charge in [-0.05, 0) is 40.4 Å². The smallest absolute Gasteiger partial charge is 0.407 e. The number of hydrogen-bond donors (Lipinski definition) is 2. The SMILES string of the molecule is C=C(NC(C)C)SCC.CCOC(=O)NC(C)C. The second-order valence-corrected chi connectivity index (χ2v) is 5.53. The van der Waals surface area contributed by atoms with Gasteiger partial charge >= 0.3 is 6.09 Å². The Balaban J connectivity index is 0. The van der Waals surface area contributed by atoms with Gasteiger partial charge in [-0.2, -0.15) is 0 Å². The number of thioether (sulfide) groups is 1. The lowest BCUT2D eigenvalue weighted by molar-refractivity contribution is 0.149. The van der Waals surface area contributed by atoms with Gasteiger partial charge < -0.3 is 15.4 Å². The van der Waals surface area contributed by atoms with Crippen LogP contribution in [0.4, 0.5) is 4.79 Å². The monoisotopic (exact) mass is 276 g/mol.